The standard InChI is InChI=1S/C16H30N2O4/c1-7-17(6)13(19)12-21-16(5)8-10-18(11-9-16)14(20)22-15(2,3)4/h7-12H2,1-6H3. The number of ether oxygens (including phenoxy) is 2. The van der Waals surface area contributed by atoms with Gasteiger partial charge in [0.15, 0.2) is 0 Å². The van der Waals surface area contributed by atoms with Crippen molar-refractivity contribution in [2.24, 2.45) is 0 Å². The Labute approximate surface area is 133 Å². The second-order valence-corrected chi connectivity index (χ2v) is 7.11. The van der Waals surface area contributed by atoms with Crippen LogP contribution in [0.1, 0.15) is 47.5 Å². The van der Waals surface area contributed by atoms with E-state index in [1.165, 1.54) is 0 Å². The Bertz CT molecular complexity index is 395. The summed E-state index contributed by atoms with van der Waals surface area (Å²) in [6, 6.07) is 0. The summed E-state index contributed by atoms with van der Waals surface area (Å²) in [6.07, 6.45) is 1.13. The molecule has 0 atom stereocenters. The fourth-order valence-electron chi connectivity index (χ4n) is 2.16. The van der Waals surface area contributed by atoms with Crippen molar-refractivity contribution in [2.75, 3.05) is 33.3 Å². The summed E-state index contributed by atoms with van der Waals surface area (Å²) >= 11 is 0. The Kier molecular flexibility index (Phi) is 6.23. The Hall–Kier alpha value is -1.30. The SMILES string of the molecule is CCN(C)C(=O)COC1(C)CCN(C(=O)OC(C)(C)C)CC1. The van der Waals surface area contributed by atoms with Crippen molar-refractivity contribution in [1.29, 1.82) is 0 Å². The minimum atomic E-state index is -0.481. The zero-order valence-corrected chi connectivity index (χ0v) is 14.8. The molecule has 0 radical (unpaired) electrons. The lowest BCUT2D eigenvalue weighted by Crippen LogP contribution is -2.48. The highest BCUT2D eigenvalue weighted by atomic mass is 16.6. The largest absolute Gasteiger partial charge is 0.444 e. The highest BCUT2D eigenvalue weighted by Crippen LogP contribution is 2.26. The van der Waals surface area contributed by atoms with Crippen molar-refractivity contribution in [3.63, 3.8) is 0 Å². The molecule has 1 aliphatic heterocycles. The van der Waals surface area contributed by atoms with Gasteiger partial charge in [0.05, 0.1) is 5.60 Å². The normalized spacial score (nSPS) is 18.0. The lowest BCUT2D eigenvalue weighted by atomic mass is 9.93. The first kappa shape index (κ1) is 18.7. The molecular formula is C16H30N2O4. The minimum Gasteiger partial charge on any atom is -0.444 e. The van der Waals surface area contributed by atoms with Gasteiger partial charge in [0.1, 0.15) is 12.2 Å². The van der Waals surface area contributed by atoms with Crippen LogP contribution in [-0.2, 0) is 14.3 Å². The van der Waals surface area contributed by atoms with Crippen molar-refractivity contribution < 1.29 is 19.1 Å². The van der Waals surface area contributed by atoms with Crippen LogP contribution in [0.4, 0.5) is 4.79 Å². The smallest absolute Gasteiger partial charge is 0.410 e. The van der Waals surface area contributed by atoms with E-state index in [2.05, 4.69) is 0 Å². The van der Waals surface area contributed by atoms with Crippen molar-refractivity contribution in [1.82, 2.24) is 9.80 Å². The van der Waals surface area contributed by atoms with Crippen LogP contribution in [0.5, 0.6) is 0 Å². The summed E-state index contributed by atoms with van der Waals surface area (Å²) in [5, 5.41) is 0. The minimum absolute atomic E-state index is 0.0155. The average molecular weight is 314 g/mol. The molecular weight excluding hydrogens is 284 g/mol. The molecule has 1 fully saturated rings. The van der Waals surface area contributed by atoms with Crippen LogP contribution in [0.25, 0.3) is 0 Å². The third-order valence-electron chi connectivity index (χ3n) is 3.92. The molecule has 0 aromatic heterocycles. The molecule has 0 bridgehead atoms. The Morgan fingerprint density at radius 1 is 1.23 bits per heavy atom. The summed E-state index contributed by atoms with van der Waals surface area (Å²) in [5.41, 5.74) is -0.839. The van der Waals surface area contributed by atoms with E-state index in [-0.39, 0.29) is 24.2 Å². The molecule has 0 saturated carbocycles. The number of nitrogens with zero attached hydrogens (tertiary/aromatic N) is 2. The monoisotopic (exact) mass is 314 g/mol. The third kappa shape index (κ3) is 5.83. The van der Waals surface area contributed by atoms with Gasteiger partial charge in [-0.05, 0) is 47.5 Å². The number of rotatable bonds is 4. The van der Waals surface area contributed by atoms with Crippen LogP contribution in [-0.4, -0.2) is 66.3 Å². The first-order chi connectivity index (χ1) is 10.1. The van der Waals surface area contributed by atoms with Crippen molar-refractivity contribution in [3.8, 4) is 0 Å². The Balaban J connectivity index is 2.43. The quantitative estimate of drug-likeness (QED) is 0.799. The van der Waals surface area contributed by atoms with Crippen molar-refractivity contribution in [2.45, 2.75) is 58.7 Å². The summed E-state index contributed by atoms with van der Waals surface area (Å²) < 4.78 is 11.2. The molecule has 0 unspecified atom stereocenters. The van der Waals surface area contributed by atoms with Crippen LogP contribution in [0.3, 0.4) is 0 Å². The number of piperidine rings is 1. The first-order valence-electron chi connectivity index (χ1n) is 7.92. The number of likely N-dealkylation sites (N-methyl/N-ethyl adjacent to an activating group) is 1. The van der Waals surface area contributed by atoms with Crippen LogP contribution in [0.2, 0.25) is 0 Å². The molecule has 0 spiro atoms. The second-order valence-electron chi connectivity index (χ2n) is 7.11. The van der Waals surface area contributed by atoms with Gasteiger partial charge in [-0.2, -0.15) is 0 Å². The molecule has 0 aliphatic carbocycles. The van der Waals surface area contributed by atoms with E-state index in [4.69, 9.17) is 9.47 Å². The van der Waals surface area contributed by atoms with Crippen molar-refractivity contribution >= 4 is 12.0 Å². The molecule has 2 amide bonds. The maximum absolute atomic E-state index is 12.0. The molecule has 6 heteroatoms. The lowest BCUT2D eigenvalue weighted by molar-refractivity contribution is -0.144. The van der Waals surface area contributed by atoms with Gasteiger partial charge < -0.3 is 19.3 Å². The number of amides is 2. The Morgan fingerprint density at radius 2 is 1.77 bits per heavy atom. The summed E-state index contributed by atoms with van der Waals surface area (Å²) in [6.45, 7) is 11.4. The molecule has 1 heterocycles. The summed E-state index contributed by atoms with van der Waals surface area (Å²) in [4.78, 5) is 27.2. The van der Waals surface area contributed by atoms with Gasteiger partial charge in [-0.1, -0.05) is 0 Å². The maximum Gasteiger partial charge on any atom is 0.410 e. The van der Waals surface area contributed by atoms with Gasteiger partial charge >= 0.3 is 6.09 Å². The number of likely N-dealkylation sites (tertiary alicyclic amines) is 1. The highest BCUT2D eigenvalue weighted by molar-refractivity contribution is 5.77. The topological polar surface area (TPSA) is 59.1 Å². The van der Waals surface area contributed by atoms with Gasteiger partial charge in [-0.15, -0.1) is 0 Å². The molecule has 0 aromatic carbocycles. The van der Waals surface area contributed by atoms with E-state index in [1.807, 2.05) is 34.6 Å². The zero-order valence-electron chi connectivity index (χ0n) is 14.8. The molecule has 1 rings (SSSR count). The van der Waals surface area contributed by atoms with E-state index in [1.54, 1.807) is 16.8 Å². The van der Waals surface area contributed by atoms with E-state index in [0.717, 1.165) is 0 Å². The number of hydrogen-bond acceptors (Lipinski definition) is 4. The van der Waals surface area contributed by atoms with Crippen molar-refractivity contribution in [3.05, 3.63) is 0 Å². The van der Waals surface area contributed by atoms with Gasteiger partial charge in [0.25, 0.3) is 0 Å². The third-order valence-corrected chi connectivity index (χ3v) is 3.92. The molecule has 0 aromatic rings. The molecule has 0 N–H and O–H groups in total. The number of carbonyl (C=O) groups is 2. The molecule has 22 heavy (non-hydrogen) atoms. The van der Waals surface area contributed by atoms with Gasteiger partial charge in [-0.25, -0.2) is 4.79 Å². The predicted octanol–water partition coefficient (Wildman–Crippen LogP) is 2.27. The van der Waals surface area contributed by atoms with Crippen LogP contribution >= 0.6 is 0 Å². The van der Waals surface area contributed by atoms with Crippen LogP contribution in [0.15, 0.2) is 0 Å². The molecule has 128 valence electrons. The molecule has 6 nitrogen and oxygen atoms in total. The van der Waals surface area contributed by atoms with E-state index < -0.39 is 5.60 Å². The number of hydrogen-bond donors (Lipinski definition) is 0. The van der Waals surface area contributed by atoms with E-state index >= 15 is 0 Å². The van der Waals surface area contributed by atoms with E-state index in [0.29, 0.717) is 32.5 Å². The summed E-state index contributed by atoms with van der Waals surface area (Å²) in [5.74, 6) is -0.0155. The summed E-state index contributed by atoms with van der Waals surface area (Å²) in [7, 11) is 1.76. The van der Waals surface area contributed by atoms with Crippen LogP contribution < -0.4 is 0 Å². The van der Waals surface area contributed by atoms with Gasteiger partial charge in [0, 0.05) is 26.7 Å². The molecule has 1 saturated heterocycles. The molecule has 1 aliphatic rings. The number of carbonyl (C=O) groups excluding carboxylic acids is 2. The predicted molar refractivity (Wildman–Crippen MR) is 84.7 cm³/mol. The highest BCUT2D eigenvalue weighted by Gasteiger charge is 2.34. The second kappa shape index (κ2) is 7.31. The Morgan fingerprint density at radius 3 is 2.23 bits per heavy atom. The van der Waals surface area contributed by atoms with E-state index in [9.17, 15) is 9.59 Å². The lowest BCUT2D eigenvalue weighted by Gasteiger charge is -2.39. The van der Waals surface area contributed by atoms with Gasteiger partial charge in [-0.3, -0.25) is 4.79 Å². The fourth-order valence-corrected chi connectivity index (χ4v) is 2.16. The maximum atomic E-state index is 12.0. The van der Waals surface area contributed by atoms with Crippen LogP contribution in [0, 0.1) is 0 Å². The fraction of sp³-hybridized carbons (Fsp3) is 0.875. The first-order valence-corrected chi connectivity index (χ1v) is 7.92. The zero-order chi connectivity index (χ0) is 17.0. The average Bonchev–Trinajstić information content (AvgIpc) is 2.42. The van der Waals surface area contributed by atoms with Gasteiger partial charge in [0.2, 0.25) is 5.91 Å².